The molecule has 0 aromatic carbocycles. The van der Waals surface area contributed by atoms with Crippen molar-refractivity contribution in [3.8, 4) is 0 Å². The molecular weight excluding hydrogens is 233 g/mol. The first kappa shape index (κ1) is 14.3. The molecule has 1 rings (SSSR count). The van der Waals surface area contributed by atoms with Crippen molar-refractivity contribution >= 4 is 5.91 Å². The van der Waals surface area contributed by atoms with Crippen LogP contribution >= 0.6 is 0 Å². The molecule has 1 aliphatic carbocycles. The topological polar surface area (TPSA) is 46.3 Å². The number of nitrogens with zero attached hydrogens (tertiary/aromatic N) is 1. The molecule has 2 N–H and O–H groups in total. The molecule has 0 spiro atoms. The SMILES string of the molecule is CCCN(CC(F)(F)F)C(=O)CC(N)C1CC1. The van der Waals surface area contributed by atoms with Gasteiger partial charge >= 0.3 is 6.18 Å². The fourth-order valence-electron chi connectivity index (χ4n) is 1.80. The lowest BCUT2D eigenvalue weighted by Crippen LogP contribution is -2.42. The maximum atomic E-state index is 12.3. The Kier molecular flexibility index (Phi) is 4.80. The molecule has 1 amide bonds. The van der Waals surface area contributed by atoms with E-state index in [2.05, 4.69) is 0 Å². The number of hydrogen-bond acceptors (Lipinski definition) is 2. The second kappa shape index (κ2) is 5.71. The zero-order chi connectivity index (χ0) is 13.1. The summed E-state index contributed by atoms with van der Waals surface area (Å²) in [6.45, 7) is 0.713. The molecule has 3 nitrogen and oxygen atoms in total. The third kappa shape index (κ3) is 5.39. The highest BCUT2D eigenvalue weighted by molar-refractivity contribution is 5.77. The molecule has 0 aliphatic heterocycles. The maximum Gasteiger partial charge on any atom is 0.406 e. The van der Waals surface area contributed by atoms with Gasteiger partial charge in [0, 0.05) is 19.0 Å². The maximum absolute atomic E-state index is 12.3. The number of hydrogen-bond donors (Lipinski definition) is 1. The van der Waals surface area contributed by atoms with Crippen LogP contribution in [-0.2, 0) is 4.79 Å². The largest absolute Gasteiger partial charge is 0.406 e. The number of alkyl halides is 3. The van der Waals surface area contributed by atoms with Crippen molar-refractivity contribution in [3.63, 3.8) is 0 Å². The third-order valence-electron chi connectivity index (χ3n) is 2.85. The molecule has 1 fully saturated rings. The van der Waals surface area contributed by atoms with Gasteiger partial charge in [-0.3, -0.25) is 4.79 Å². The van der Waals surface area contributed by atoms with Gasteiger partial charge in [-0.25, -0.2) is 0 Å². The van der Waals surface area contributed by atoms with Gasteiger partial charge < -0.3 is 10.6 Å². The fraction of sp³-hybridized carbons (Fsp3) is 0.909. The molecular formula is C11H19F3N2O. The standard InChI is InChI=1S/C11H19F3N2O/c1-2-5-16(7-11(12,13)14)10(17)6-9(15)8-3-4-8/h8-9H,2-7,15H2,1H3. The van der Waals surface area contributed by atoms with Crippen molar-refractivity contribution in [1.29, 1.82) is 0 Å². The monoisotopic (exact) mass is 252 g/mol. The van der Waals surface area contributed by atoms with Gasteiger partial charge in [0.1, 0.15) is 6.54 Å². The fourth-order valence-corrected chi connectivity index (χ4v) is 1.80. The van der Waals surface area contributed by atoms with Gasteiger partial charge in [0.25, 0.3) is 0 Å². The van der Waals surface area contributed by atoms with Crippen molar-refractivity contribution in [1.82, 2.24) is 4.90 Å². The zero-order valence-corrected chi connectivity index (χ0v) is 9.96. The lowest BCUT2D eigenvalue weighted by Gasteiger charge is -2.24. The molecule has 0 aromatic heterocycles. The van der Waals surface area contributed by atoms with Gasteiger partial charge in [0.15, 0.2) is 0 Å². The van der Waals surface area contributed by atoms with Gasteiger partial charge in [-0.05, 0) is 25.2 Å². The Morgan fingerprint density at radius 3 is 2.47 bits per heavy atom. The number of carbonyl (C=O) groups is 1. The Hall–Kier alpha value is -0.780. The number of halogens is 3. The van der Waals surface area contributed by atoms with Crippen LogP contribution in [0.25, 0.3) is 0 Å². The first-order valence-electron chi connectivity index (χ1n) is 5.93. The van der Waals surface area contributed by atoms with Crippen LogP contribution in [0.4, 0.5) is 13.2 Å². The first-order chi connectivity index (χ1) is 7.83. The predicted molar refractivity (Wildman–Crippen MR) is 58.2 cm³/mol. The smallest absolute Gasteiger partial charge is 0.334 e. The van der Waals surface area contributed by atoms with Crippen LogP contribution in [0.1, 0.15) is 32.6 Å². The highest BCUT2D eigenvalue weighted by Gasteiger charge is 2.35. The van der Waals surface area contributed by atoms with Gasteiger partial charge in [-0.2, -0.15) is 13.2 Å². The number of amides is 1. The molecule has 1 unspecified atom stereocenters. The van der Waals surface area contributed by atoms with Crippen molar-refractivity contribution in [3.05, 3.63) is 0 Å². The molecule has 100 valence electrons. The molecule has 0 saturated heterocycles. The molecule has 0 aromatic rings. The summed E-state index contributed by atoms with van der Waals surface area (Å²) in [6, 6.07) is -0.282. The Labute approximate surface area is 99.1 Å². The van der Waals surface area contributed by atoms with Crippen LogP contribution in [0.3, 0.4) is 0 Å². The highest BCUT2D eigenvalue weighted by atomic mass is 19.4. The summed E-state index contributed by atoms with van der Waals surface area (Å²) in [7, 11) is 0. The van der Waals surface area contributed by atoms with E-state index in [0.717, 1.165) is 17.7 Å². The van der Waals surface area contributed by atoms with Gasteiger partial charge in [0.05, 0.1) is 0 Å². The van der Waals surface area contributed by atoms with Crippen molar-refractivity contribution in [2.45, 2.75) is 44.8 Å². The van der Waals surface area contributed by atoms with Crippen LogP contribution in [0, 0.1) is 5.92 Å². The molecule has 6 heteroatoms. The summed E-state index contributed by atoms with van der Waals surface area (Å²) in [4.78, 5) is 12.6. The van der Waals surface area contributed by atoms with E-state index in [-0.39, 0.29) is 19.0 Å². The summed E-state index contributed by atoms with van der Waals surface area (Å²) < 4.78 is 36.8. The Bertz CT molecular complexity index is 264. The average Bonchev–Trinajstić information content (AvgIpc) is 2.97. The number of nitrogens with two attached hydrogens (primary N) is 1. The first-order valence-corrected chi connectivity index (χ1v) is 5.93. The summed E-state index contributed by atoms with van der Waals surface area (Å²) >= 11 is 0. The van der Waals surface area contributed by atoms with E-state index in [9.17, 15) is 18.0 Å². The van der Waals surface area contributed by atoms with Gasteiger partial charge in [-0.1, -0.05) is 6.92 Å². The second-order valence-electron chi connectivity index (χ2n) is 4.64. The van der Waals surface area contributed by atoms with E-state index in [0.29, 0.717) is 12.3 Å². The molecule has 1 saturated carbocycles. The summed E-state index contributed by atoms with van der Waals surface area (Å²) in [5.41, 5.74) is 5.75. The molecule has 1 aliphatic rings. The second-order valence-corrected chi connectivity index (χ2v) is 4.64. The number of carbonyl (C=O) groups excluding carboxylic acids is 1. The van der Waals surface area contributed by atoms with E-state index in [1.54, 1.807) is 6.92 Å². The van der Waals surface area contributed by atoms with Gasteiger partial charge in [-0.15, -0.1) is 0 Å². The summed E-state index contributed by atoms with van der Waals surface area (Å²) in [6.07, 6.45) is -1.82. The van der Waals surface area contributed by atoms with Gasteiger partial charge in [0.2, 0.25) is 5.91 Å². The van der Waals surface area contributed by atoms with E-state index in [1.807, 2.05) is 0 Å². The van der Waals surface area contributed by atoms with Crippen LogP contribution in [0.5, 0.6) is 0 Å². The van der Waals surface area contributed by atoms with E-state index in [4.69, 9.17) is 5.73 Å². The molecule has 17 heavy (non-hydrogen) atoms. The minimum absolute atomic E-state index is 0.0285. The number of rotatable bonds is 6. The van der Waals surface area contributed by atoms with Crippen molar-refractivity contribution < 1.29 is 18.0 Å². The van der Waals surface area contributed by atoms with Crippen LogP contribution in [0.2, 0.25) is 0 Å². The van der Waals surface area contributed by atoms with Crippen LogP contribution in [-0.4, -0.2) is 36.1 Å². The predicted octanol–water partition coefficient (Wildman–Crippen LogP) is 1.91. The zero-order valence-electron chi connectivity index (χ0n) is 9.96. The Morgan fingerprint density at radius 2 is 2.06 bits per heavy atom. The minimum Gasteiger partial charge on any atom is -0.334 e. The Balaban J connectivity index is 2.46. The van der Waals surface area contributed by atoms with E-state index in [1.165, 1.54) is 0 Å². The molecule has 0 radical (unpaired) electrons. The Morgan fingerprint density at radius 1 is 1.47 bits per heavy atom. The lowest BCUT2D eigenvalue weighted by molar-refractivity contribution is -0.161. The lowest BCUT2D eigenvalue weighted by atomic mass is 10.1. The third-order valence-corrected chi connectivity index (χ3v) is 2.85. The normalized spacial score (nSPS) is 17.9. The molecule has 0 bridgehead atoms. The van der Waals surface area contributed by atoms with Crippen LogP contribution < -0.4 is 5.73 Å². The van der Waals surface area contributed by atoms with E-state index < -0.39 is 18.6 Å². The average molecular weight is 252 g/mol. The van der Waals surface area contributed by atoms with E-state index >= 15 is 0 Å². The van der Waals surface area contributed by atoms with Crippen molar-refractivity contribution in [2.24, 2.45) is 11.7 Å². The summed E-state index contributed by atoms with van der Waals surface area (Å²) in [5, 5.41) is 0. The molecule has 0 heterocycles. The van der Waals surface area contributed by atoms with Crippen LogP contribution in [0.15, 0.2) is 0 Å². The quantitative estimate of drug-likeness (QED) is 0.785. The summed E-state index contributed by atoms with van der Waals surface area (Å²) in [5.74, 6) is -0.156. The minimum atomic E-state index is -4.34. The van der Waals surface area contributed by atoms with Crippen molar-refractivity contribution in [2.75, 3.05) is 13.1 Å². The highest BCUT2D eigenvalue weighted by Crippen LogP contribution is 2.33. The molecule has 1 atom stereocenters.